The standard InChI is InChI=1S/C18H24N6/c1-13-15(11-22(3)21-13)12-23-9-6-16(7-10-23)24-14(2)20-17-5-4-8-19-18(17)24/h4-5,8,11,16H,6-7,9-10,12H2,1-3H3. The summed E-state index contributed by atoms with van der Waals surface area (Å²) in [5.74, 6) is 1.07. The fraction of sp³-hybridized carbons (Fsp3) is 0.500. The summed E-state index contributed by atoms with van der Waals surface area (Å²) in [5, 5.41) is 4.45. The van der Waals surface area contributed by atoms with E-state index in [0.717, 1.165) is 55.2 Å². The summed E-state index contributed by atoms with van der Waals surface area (Å²) in [7, 11) is 1.99. The molecule has 3 aromatic heterocycles. The molecule has 24 heavy (non-hydrogen) atoms. The third-order valence-corrected chi connectivity index (χ3v) is 5.06. The van der Waals surface area contributed by atoms with E-state index in [-0.39, 0.29) is 0 Å². The van der Waals surface area contributed by atoms with E-state index in [2.05, 4.69) is 44.6 Å². The molecule has 0 bridgehead atoms. The normalized spacial score (nSPS) is 17.0. The second kappa shape index (κ2) is 6.02. The van der Waals surface area contributed by atoms with Gasteiger partial charge in [-0.25, -0.2) is 9.97 Å². The first-order valence-corrected chi connectivity index (χ1v) is 8.63. The Balaban J connectivity index is 1.48. The molecule has 3 aromatic rings. The van der Waals surface area contributed by atoms with Gasteiger partial charge in [-0.15, -0.1) is 0 Å². The third-order valence-electron chi connectivity index (χ3n) is 5.06. The number of hydrogen-bond donors (Lipinski definition) is 0. The molecule has 0 spiro atoms. The quantitative estimate of drug-likeness (QED) is 0.743. The van der Waals surface area contributed by atoms with Crippen LogP contribution < -0.4 is 0 Å². The number of rotatable bonds is 3. The predicted octanol–water partition coefficient (Wildman–Crippen LogP) is 2.62. The second-order valence-corrected chi connectivity index (χ2v) is 6.80. The Kier molecular flexibility index (Phi) is 3.84. The van der Waals surface area contributed by atoms with Gasteiger partial charge in [0.1, 0.15) is 11.3 Å². The molecule has 6 heteroatoms. The van der Waals surface area contributed by atoms with Crippen LogP contribution in [-0.4, -0.2) is 42.3 Å². The van der Waals surface area contributed by atoms with Crippen LogP contribution in [0.4, 0.5) is 0 Å². The van der Waals surface area contributed by atoms with Crippen molar-refractivity contribution in [3.05, 3.63) is 41.6 Å². The van der Waals surface area contributed by atoms with Gasteiger partial charge in [0.15, 0.2) is 5.65 Å². The van der Waals surface area contributed by atoms with Crippen LogP contribution in [0.5, 0.6) is 0 Å². The van der Waals surface area contributed by atoms with Crippen LogP contribution >= 0.6 is 0 Å². The Morgan fingerprint density at radius 3 is 2.71 bits per heavy atom. The number of pyridine rings is 1. The molecule has 0 saturated carbocycles. The van der Waals surface area contributed by atoms with E-state index in [9.17, 15) is 0 Å². The summed E-state index contributed by atoms with van der Waals surface area (Å²) in [5.41, 5.74) is 4.50. The predicted molar refractivity (Wildman–Crippen MR) is 93.8 cm³/mol. The van der Waals surface area contributed by atoms with E-state index in [1.807, 2.05) is 30.1 Å². The molecule has 1 aliphatic rings. The lowest BCUT2D eigenvalue weighted by Crippen LogP contribution is -2.34. The lowest BCUT2D eigenvalue weighted by Gasteiger charge is -2.33. The number of aryl methyl sites for hydroxylation is 3. The van der Waals surface area contributed by atoms with Crippen molar-refractivity contribution in [2.24, 2.45) is 7.05 Å². The van der Waals surface area contributed by atoms with E-state index < -0.39 is 0 Å². The zero-order chi connectivity index (χ0) is 16.7. The van der Waals surface area contributed by atoms with Crippen LogP contribution in [0.25, 0.3) is 11.2 Å². The highest BCUT2D eigenvalue weighted by molar-refractivity contribution is 5.71. The number of fused-ring (bicyclic) bond motifs is 1. The number of imidazole rings is 1. The summed E-state index contributed by atoms with van der Waals surface area (Å²) in [6, 6.07) is 4.50. The first kappa shape index (κ1) is 15.3. The summed E-state index contributed by atoms with van der Waals surface area (Å²) >= 11 is 0. The lowest BCUT2D eigenvalue weighted by molar-refractivity contribution is 0.180. The molecule has 4 heterocycles. The van der Waals surface area contributed by atoms with E-state index in [1.54, 1.807) is 0 Å². The van der Waals surface area contributed by atoms with Crippen molar-refractivity contribution in [1.82, 2.24) is 29.2 Å². The second-order valence-electron chi connectivity index (χ2n) is 6.80. The van der Waals surface area contributed by atoms with E-state index in [0.29, 0.717) is 6.04 Å². The zero-order valence-corrected chi connectivity index (χ0v) is 14.6. The van der Waals surface area contributed by atoms with Gasteiger partial charge in [-0.1, -0.05) is 0 Å². The molecule has 126 valence electrons. The van der Waals surface area contributed by atoms with Crippen molar-refractivity contribution < 1.29 is 0 Å². The van der Waals surface area contributed by atoms with Crippen LogP contribution in [0, 0.1) is 13.8 Å². The van der Waals surface area contributed by atoms with Crippen molar-refractivity contribution in [3.63, 3.8) is 0 Å². The lowest BCUT2D eigenvalue weighted by atomic mass is 10.0. The monoisotopic (exact) mass is 324 g/mol. The fourth-order valence-corrected chi connectivity index (χ4v) is 3.86. The highest BCUT2D eigenvalue weighted by Crippen LogP contribution is 2.28. The molecule has 0 aromatic carbocycles. The number of piperidine rings is 1. The molecule has 0 N–H and O–H groups in total. The van der Waals surface area contributed by atoms with Gasteiger partial charge >= 0.3 is 0 Å². The maximum absolute atomic E-state index is 4.67. The molecule has 1 fully saturated rings. The molecule has 6 nitrogen and oxygen atoms in total. The minimum Gasteiger partial charge on any atom is -0.310 e. The van der Waals surface area contributed by atoms with Crippen LogP contribution in [0.3, 0.4) is 0 Å². The van der Waals surface area contributed by atoms with E-state index in [4.69, 9.17) is 0 Å². The Hall–Kier alpha value is -2.21. The average molecular weight is 324 g/mol. The van der Waals surface area contributed by atoms with Crippen molar-refractivity contribution >= 4 is 11.2 Å². The molecular weight excluding hydrogens is 300 g/mol. The molecule has 4 rings (SSSR count). The van der Waals surface area contributed by atoms with Crippen molar-refractivity contribution in [2.75, 3.05) is 13.1 Å². The summed E-state index contributed by atoms with van der Waals surface area (Å²) < 4.78 is 4.24. The van der Waals surface area contributed by atoms with Crippen LogP contribution in [0.2, 0.25) is 0 Å². The smallest absolute Gasteiger partial charge is 0.160 e. The minimum atomic E-state index is 0.496. The Morgan fingerprint density at radius 2 is 2.00 bits per heavy atom. The Labute approximate surface area is 142 Å². The first-order valence-electron chi connectivity index (χ1n) is 8.63. The molecule has 0 atom stereocenters. The molecule has 1 aliphatic heterocycles. The highest BCUT2D eigenvalue weighted by atomic mass is 15.3. The van der Waals surface area contributed by atoms with E-state index in [1.165, 1.54) is 5.56 Å². The third kappa shape index (κ3) is 2.71. The van der Waals surface area contributed by atoms with Gasteiger partial charge in [-0.2, -0.15) is 5.10 Å². The maximum Gasteiger partial charge on any atom is 0.160 e. The molecule has 0 radical (unpaired) electrons. The maximum atomic E-state index is 4.67. The summed E-state index contributed by atoms with van der Waals surface area (Å²) in [6.45, 7) is 7.38. The Morgan fingerprint density at radius 1 is 1.21 bits per heavy atom. The Bertz CT molecular complexity index is 854. The van der Waals surface area contributed by atoms with Crippen LogP contribution in [0.1, 0.15) is 36.0 Å². The van der Waals surface area contributed by atoms with Crippen LogP contribution in [-0.2, 0) is 13.6 Å². The largest absolute Gasteiger partial charge is 0.310 e. The number of aromatic nitrogens is 5. The van der Waals surface area contributed by atoms with Crippen molar-refractivity contribution in [2.45, 2.75) is 39.3 Å². The molecule has 0 amide bonds. The van der Waals surface area contributed by atoms with Gasteiger partial charge in [-0.05, 0) is 38.8 Å². The van der Waals surface area contributed by atoms with Gasteiger partial charge in [0.05, 0.1) is 5.69 Å². The first-order chi connectivity index (χ1) is 11.6. The minimum absolute atomic E-state index is 0.496. The van der Waals surface area contributed by atoms with Gasteiger partial charge in [0, 0.05) is 50.7 Å². The van der Waals surface area contributed by atoms with Crippen molar-refractivity contribution in [1.29, 1.82) is 0 Å². The summed E-state index contributed by atoms with van der Waals surface area (Å²) in [6.07, 6.45) is 6.28. The molecule has 0 aliphatic carbocycles. The number of hydrogen-bond acceptors (Lipinski definition) is 4. The number of likely N-dealkylation sites (tertiary alicyclic amines) is 1. The van der Waals surface area contributed by atoms with Gasteiger partial charge < -0.3 is 4.57 Å². The summed E-state index contributed by atoms with van der Waals surface area (Å²) in [4.78, 5) is 11.7. The highest BCUT2D eigenvalue weighted by Gasteiger charge is 2.24. The van der Waals surface area contributed by atoms with Crippen LogP contribution in [0.15, 0.2) is 24.5 Å². The van der Waals surface area contributed by atoms with E-state index >= 15 is 0 Å². The van der Waals surface area contributed by atoms with Crippen molar-refractivity contribution in [3.8, 4) is 0 Å². The van der Waals surface area contributed by atoms with Gasteiger partial charge in [-0.3, -0.25) is 9.58 Å². The molecule has 0 unspecified atom stereocenters. The van der Waals surface area contributed by atoms with Gasteiger partial charge in [0.2, 0.25) is 0 Å². The zero-order valence-electron chi connectivity index (χ0n) is 14.6. The molecule has 1 saturated heterocycles. The van der Waals surface area contributed by atoms with Gasteiger partial charge in [0.25, 0.3) is 0 Å². The SMILES string of the molecule is Cc1nn(C)cc1CN1CCC(n2c(C)nc3cccnc32)CC1. The average Bonchev–Trinajstić information content (AvgIpc) is 3.06. The fourth-order valence-electron chi connectivity index (χ4n) is 3.86. The number of nitrogens with zero attached hydrogens (tertiary/aromatic N) is 6. The topological polar surface area (TPSA) is 51.8 Å². The molecular formula is C18H24N6.